The predicted molar refractivity (Wildman–Crippen MR) is 102 cm³/mol. The molecule has 1 aromatic carbocycles. The number of nitrogens with two attached hydrogens (primary N) is 1. The summed E-state index contributed by atoms with van der Waals surface area (Å²) in [5.74, 6) is -0.531. The summed E-state index contributed by atoms with van der Waals surface area (Å²) in [5.41, 5.74) is 8.86. The summed E-state index contributed by atoms with van der Waals surface area (Å²) in [7, 11) is 2.43. The Labute approximate surface area is 151 Å². The molecule has 0 aliphatic rings. The van der Waals surface area contributed by atoms with Crippen LogP contribution >= 0.6 is 20.8 Å². The lowest BCUT2D eigenvalue weighted by Gasteiger charge is -2.10. The zero-order valence-electron chi connectivity index (χ0n) is 13.3. The van der Waals surface area contributed by atoms with E-state index in [2.05, 4.69) is 19.2 Å². The lowest BCUT2D eigenvalue weighted by atomic mass is 10.1. The van der Waals surface area contributed by atoms with Crippen LogP contribution in [-0.2, 0) is 0 Å². The number of nitrogens with zero attached hydrogens (tertiary/aromatic N) is 2. The first-order valence-corrected chi connectivity index (χ1v) is 8.31. The van der Waals surface area contributed by atoms with Crippen molar-refractivity contribution in [2.75, 3.05) is 0 Å². The Morgan fingerprint density at radius 2 is 1.96 bits per heavy atom. The van der Waals surface area contributed by atoms with Gasteiger partial charge in [0.05, 0.1) is 22.4 Å². The van der Waals surface area contributed by atoms with E-state index < -0.39 is 5.82 Å². The molecule has 0 fully saturated rings. The number of hydrogen-bond acceptors (Lipinski definition) is 4. The van der Waals surface area contributed by atoms with Crippen molar-refractivity contribution in [2.24, 2.45) is 5.73 Å². The SMILES string of the molecule is CC(=O)c1cnc2ccc(/C(N)=C(/P)c3cc(Cl)ccc3F)nc2c1. The normalized spacial score (nSPS) is 12.2. The predicted octanol–water partition coefficient (Wildman–Crippen LogP) is 4.28. The van der Waals surface area contributed by atoms with Gasteiger partial charge in [-0.3, -0.25) is 9.78 Å². The molecule has 0 saturated heterocycles. The van der Waals surface area contributed by atoms with Crippen LogP contribution in [0.25, 0.3) is 22.0 Å². The topological polar surface area (TPSA) is 68.9 Å². The third-order valence-electron chi connectivity index (χ3n) is 3.73. The number of ketones is 1. The number of aromatic nitrogens is 2. The minimum atomic E-state index is -0.432. The van der Waals surface area contributed by atoms with Crippen LogP contribution in [0.3, 0.4) is 0 Å². The number of pyridine rings is 2. The number of carbonyl (C=O) groups is 1. The number of Topliss-reactive ketones (excluding diaryl/α,β-unsaturated/α-hetero) is 1. The summed E-state index contributed by atoms with van der Waals surface area (Å²) in [4.78, 5) is 20.2. The third-order valence-corrected chi connectivity index (χ3v) is 4.59. The molecule has 0 saturated carbocycles. The Morgan fingerprint density at radius 3 is 2.68 bits per heavy atom. The summed E-state index contributed by atoms with van der Waals surface area (Å²) in [6.45, 7) is 1.46. The van der Waals surface area contributed by atoms with Crippen LogP contribution in [0.1, 0.15) is 28.5 Å². The fraction of sp³-hybridized carbons (Fsp3) is 0.0556. The second-order valence-electron chi connectivity index (χ2n) is 5.47. The standard InChI is InChI=1S/C18H14ClFN3OP/c1-9(24)10-6-16-14(22-8-10)4-5-15(23-16)17(21)18(25)12-7-11(19)2-3-13(12)20/h2-8H,21,25H2,1H3/b18-17-. The van der Waals surface area contributed by atoms with Gasteiger partial charge in [0.2, 0.25) is 0 Å². The van der Waals surface area contributed by atoms with E-state index in [1.807, 2.05) is 0 Å². The summed E-state index contributed by atoms with van der Waals surface area (Å²) in [6, 6.07) is 9.36. The Balaban J connectivity index is 2.13. The second kappa shape index (κ2) is 6.87. The summed E-state index contributed by atoms with van der Waals surface area (Å²) in [5, 5.41) is 0.855. The fourth-order valence-electron chi connectivity index (χ4n) is 2.34. The first-order chi connectivity index (χ1) is 11.9. The van der Waals surface area contributed by atoms with Gasteiger partial charge in [-0.25, -0.2) is 9.37 Å². The molecule has 1 atom stereocenters. The number of benzene rings is 1. The zero-order chi connectivity index (χ0) is 18.1. The van der Waals surface area contributed by atoms with Crippen molar-refractivity contribution in [2.45, 2.75) is 6.92 Å². The number of fused-ring (bicyclic) bond motifs is 1. The van der Waals surface area contributed by atoms with E-state index in [1.165, 1.54) is 31.3 Å². The highest BCUT2D eigenvalue weighted by Gasteiger charge is 2.12. The third kappa shape index (κ3) is 3.53. The monoisotopic (exact) mass is 373 g/mol. The van der Waals surface area contributed by atoms with E-state index in [4.69, 9.17) is 17.3 Å². The lowest BCUT2D eigenvalue weighted by Crippen LogP contribution is -2.03. The minimum Gasteiger partial charge on any atom is -0.396 e. The number of rotatable bonds is 3. The molecule has 4 nitrogen and oxygen atoms in total. The molecule has 1 unspecified atom stereocenters. The lowest BCUT2D eigenvalue weighted by molar-refractivity contribution is 0.101. The molecular weight excluding hydrogens is 360 g/mol. The van der Waals surface area contributed by atoms with Crippen molar-refractivity contribution < 1.29 is 9.18 Å². The molecule has 2 N–H and O–H groups in total. The molecular formula is C18H14ClFN3OP. The molecule has 0 bridgehead atoms. The summed E-state index contributed by atoms with van der Waals surface area (Å²) >= 11 is 5.94. The van der Waals surface area contributed by atoms with Gasteiger partial charge in [0.25, 0.3) is 0 Å². The first kappa shape index (κ1) is 17.5. The van der Waals surface area contributed by atoms with Gasteiger partial charge in [-0.1, -0.05) is 11.6 Å². The van der Waals surface area contributed by atoms with Crippen molar-refractivity contribution in [3.63, 3.8) is 0 Å². The van der Waals surface area contributed by atoms with Gasteiger partial charge in [-0.2, -0.15) is 0 Å². The van der Waals surface area contributed by atoms with Gasteiger partial charge >= 0.3 is 0 Å². The summed E-state index contributed by atoms with van der Waals surface area (Å²) in [6.07, 6.45) is 1.51. The van der Waals surface area contributed by atoms with E-state index in [0.29, 0.717) is 38.3 Å². The van der Waals surface area contributed by atoms with Gasteiger partial charge in [-0.05, 0) is 43.3 Å². The zero-order valence-corrected chi connectivity index (χ0v) is 15.2. The maximum atomic E-state index is 14.1. The molecule has 2 heterocycles. The Morgan fingerprint density at radius 1 is 1.20 bits per heavy atom. The number of halogens is 2. The van der Waals surface area contributed by atoms with Crippen LogP contribution in [0.4, 0.5) is 4.39 Å². The molecule has 7 heteroatoms. The fourth-order valence-corrected chi connectivity index (χ4v) is 2.88. The Kier molecular flexibility index (Phi) is 4.80. The van der Waals surface area contributed by atoms with Crippen LogP contribution in [0.2, 0.25) is 5.02 Å². The van der Waals surface area contributed by atoms with Gasteiger partial charge < -0.3 is 5.73 Å². The van der Waals surface area contributed by atoms with Gasteiger partial charge in [0.1, 0.15) is 5.82 Å². The molecule has 126 valence electrons. The van der Waals surface area contributed by atoms with Gasteiger partial charge in [-0.15, -0.1) is 9.24 Å². The molecule has 3 rings (SSSR count). The van der Waals surface area contributed by atoms with Crippen LogP contribution in [-0.4, -0.2) is 15.8 Å². The number of carbonyl (C=O) groups excluding carboxylic acids is 1. The average Bonchev–Trinajstić information content (AvgIpc) is 2.61. The van der Waals surface area contributed by atoms with Crippen molar-refractivity contribution in [3.8, 4) is 0 Å². The van der Waals surface area contributed by atoms with Crippen LogP contribution in [0.5, 0.6) is 0 Å². The van der Waals surface area contributed by atoms with Crippen molar-refractivity contribution in [1.29, 1.82) is 0 Å². The molecule has 0 radical (unpaired) electrons. The van der Waals surface area contributed by atoms with Crippen LogP contribution < -0.4 is 5.73 Å². The first-order valence-electron chi connectivity index (χ1n) is 7.35. The van der Waals surface area contributed by atoms with Gasteiger partial charge in [0.15, 0.2) is 5.78 Å². The molecule has 0 aliphatic carbocycles. The molecule has 0 spiro atoms. The minimum absolute atomic E-state index is 0.0992. The van der Waals surface area contributed by atoms with E-state index in [9.17, 15) is 9.18 Å². The van der Waals surface area contributed by atoms with Crippen molar-refractivity contribution in [3.05, 3.63) is 70.3 Å². The molecule has 0 aliphatic heterocycles. The van der Waals surface area contributed by atoms with Gasteiger partial charge in [0, 0.05) is 27.7 Å². The second-order valence-corrected chi connectivity index (χ2v) is 6.48. The highest BCUT2D eigenvalue weighted by molar-refractivity contribution is 7.32. The van der Waals surface area contributed by atoms with E-state index in [0.717, 1.165) is 0 Å². The molecule has 2 aromatic heterocycles. The Bertz CT molecular complexity index is 1040. The molecule has 3 aromatic rings. The van der Waals surface area contributed by atoms with Crippen LogP contribution in [0.15, 0.2) is 42.6 Å². The molecule has 0 amide bonds. The quantitative estimate of drug-likeness (QED) is 0.549. The Hall–Kier alpha value is -2.36. The van der Waals surface area contributed by atoms with Crippen molar-refractivity contribution >= 4 is 48.7 Å². The van der Waals surface area contributed by atoms with E-state index >= 15 is 0 Å². The van der Waals surface area contributed by atoms with Crippen LogP contribution in [0, 0.1) is 5.82 Å². The highest BCUT2D eigenvalue weighted by Crippen LogP contribution is 2.31. The van der Waals surface area contributed by atoms with E-state index in [1.54, 1.807) is 18.2 Å². The highest BCUT2D eigenvalue weighted by atomic mass is 35.5. The molecule has 25 heavy (non-hydrogen) atoms. The smallest absolute Gasteiger partial charge is 0.161 e. The van der Waals surface area contributed by atoms with E-state index in [-0.39, 0.29) is 11.3 Å². The van der Waals surface area contributed by atoms with Crippen molar-refractivity contribution in [1.82, 2.24) is 9.97 Å². The largest absolute Gasteiger partial charge is 0.396 e. The number of hydrogen-bond donors (Lipinski definition) is 1. The maximum Gasteiger partial charge on any atom is 0.161 e. The summed E-state index contributed by atoms with van der Waals surface area (Å²) < 4.78 is 14.1. The maximum absolute atomic E-state index is 14.1. The average molecular weight is 374 g/mol.